The van der Waals surface area contributed by atoms with E-state index in [1.54, 1.807) is 36.3 Å². The third-order valence-electron chi connectivity index (χ3n) is 6.34. The number of benzene rings is 2. The number of ether oxygens (including phenoxy) is 3. The van der Waals surface area contributed by atoms with Crippen LogP contribution in [-0.2, 0) is 19.7 Å². The minimum atomic E-state index is -3.72. The lowest BCUT2D eigenvalue weighted by Gasteiger charge is -2.30. The Morgan fingerprint density at radius 1 is 1.09 bits per heavy atom. The van der Waals surface area contributed by atoms with Crippen LogP contribution in [0.2, 0.25) is 0 Å². The molecule has 190 valence electrons. The summed E-state index contributed by atoms with van der Waals surface area (Å²) in [6, 6.07) is 12.6. The molecule has 3 unspecified atom stereocenters. The quantitative estimate of drug-likeness (QED) is 0.624. The Labute approximate surface area is 207 Å². The summed E-state index contributed by atoms with van der Waals surface area (Å²) in [7, 11) is -2.12. The molecule has 0 radical (unpaired) electrons. The summed E-state index contributed by atoms with van der Waals surface area (Å²) in [4.78, 5) is 14.9. The lowest BCUT2D eigenvalue weighted by atomic mass is 10.0. The van der Waals surface area contributed by atoms with E-state index in [9.17, 15) is 13.2 Å². The Balaban J connectivity index is 1.44. The summed E-state index contributed by atoms with van der Waals surface area (Å²) in [5, 5.41) is 0. The maximum Gasteiger partial charge on any atom is 0.301 e. The highest BCUT2D eigenvalue weighted by molar-refractivity contribution is 7.90. The Bertz CT molecular complexity index is 1170. The monoisotopic (exact) mass is 503 g/mol. The van der Waals surface area contributed by atoms with Crippen molar-refractivity contribution in [3.05, 3.63) is 59.2 Å². The van der Waals surface area contributed by atoms with E-state index in [4.69, 9.17) is 14.2 Å². The van der Waals surface area contributed by atoms with E-state index in [0.29, 0.717) is 49.8 Å². The average Bonchev–Trinajstić information content (AvgIpc) is 3.23. The van der Waals surface area contributed by atoms with Gasteiger partial charge in [0, 0.05) is 31.8 Å². The molecule has 3 atom stereocenters. The largest absolute Gasteiger partial charge is 0.486 e. The number of nitrogens with zero attached hydrogens (tertiary/aromatic N) is 2. The van der Waals surface area contributed by atoms with Gasteiger partial charge in [-0.1, -0.05) is 23.8 Å². The highest BCUT2D eigenvalue weighted by Crippen LogP contribution is 2.26. The first-order valence-electron chi connectivity index (χ1n) is 11.7. The minimum absolute atomic E-state index is 0.0550. The topological polar surface area (TPSA) is 97.4 Å². The van der Waals surface area contributed by atoms with Crippen molar-refractivity contribution in [2.75, 3.05) is 44.6 Å². The Morgan fingerprint density at radius 3 is 2.60 bits per heavy atom. The number of amides is 1. The lowest BCUT2D eigenvalue weighted by Crippen LogP contribution is -2.46. The van der Waals surface area contributed by atoms with Crippen LogP contribution < -0.4 is 9.46 Å². The number of hydrogen-bond acceptors (Lipinski definition) is 6. The molecule has 0 saturated carbocycles. The molecule has 0 spiro atoms. The smallest absolute Gasteiger partial charge is 0.301 e. The van der Waals surface area contributed by atoms with Gasteiger partial charge in [0.05, 0.1) is 31.5 Å². The number of nitrogens with one attached hydrogen (secondary N) is 1. The van der Waals surface area contributed by atoms with Crippen molar-refractivity contribution < 1.29 is 27.4 Å². The highest BCUT2D eigenvalue weighted by Gasteiger charge is 2.38. The molecule has 2 aliphatic heterocycles. The normalized spacial score (nSPS) is 23.3. The molecule has 1 N–H and O–H groups in total. The lowest BCUT2D eigenvalue weighted by molar-refractivity contribution is 0.0104. The van der Waals surface area contributed by atoms with Crippen LogP contribution in [-0.4, -0.2) is 81.7 Å². The number of hydrogen-bond donors (Lipinski definition) is 1. The number of methoxy groups -OCH3 is 1. The molecule has 10 heteroatoms. The van der Waals surface area contributed by atoms with Crippen molar-refractivity contribution in [3.8, 4) is 5.75 Å². The molecule has 2 saturated heterocycles. The zero-order chi connectivity index (χ0) is 25.2. The molecule has 0 bridgehead atoms. The number of aryl methyl sites for hydroxylation is 2. The number of carbonyl (C=O) groups is 1. The molecule has 9 nitrogen and oxygen atoms in total. The van der Waals surface area contributed by atoms with Crippen LogP contribution in [0.3, 0.4) is 0 Å². The van der Waals surface area contributed by atoms with Crippen LogP contribution in [0.5, 0.6) is 5.75 Å². The van der Waals surface area contributed by atoms with Gasteiger partial charge in [-0.2, -0.15) is 12.7 Å². The van der Waals surface area contributed by atoms with E-state index in [1.165, 1.54) is 4.31 Å². The molecule has 1 amide bonds. The SMILES string of the molecule is COC1CN(C(=O)c2cc(C)ccc2C)CC1Oc1cccc(NS(=O)(=O)N2CCOC(C)C2)c1. The van der Waals surface area contributed by atoms with E-state index < -0.39 is 10.2 Å². The van der Waals surface area contributed by atoms with Gasteiger partial charge in [-0.15, -0.1) is 0 Å². The fraction of sp³-hybridized carbons (Fsp3) is 0.480. The Kier molecular flexibility index (Phi) is 7.65. The third kappa shape index (κ3) is 5.95. The summed E-state index contributed by atoms with van der Waals surface area (Å²) in [6.45, 7) is 7.48. The summed E-state index contributed by atoms with van der Waals surface area (Å²) in [6.07, 6.45) is -0.849. The van der Waals surface area contributed by atoms with E-state index in [1.807, 2.05) is 39.0 Å². The van der Waals surface area contributed by atoms with Crippen molar-refractivity contribution in [1.82, 2.24) is 9.21 Å². The van der Waals surface area contributed by atoms with Crippen LogP contribution in [0.4, 0.5) is 5.69 Å². The molecule has 2 fully saturated rings. The van der Waals surface area contributed by atoms with E-state index >= 15 is 0 Å². The fourth-order valence-electron chi connectivity index (χ4n) is 4.41. The van der Waals surface area contributed by atoms with E-state index in [-0.39, 0.29) is 24.2 Å². The second kappa shape index (κ2) is 10.5. The van der Waals surface area contributed by atoms with Gasteiger partial charge in [-0.3, -0.25) is 9.52 Å². The molecule has 0 aliphatic carbocycles. The van der Waals surface area contributed by atoms with E-state index in [0.717, 1.165) is 11.1 Å². The predicted octanol–water partition coefficient (Wildman–Crippen LogP) is 2.60. The van der Waals surface area contributed by atoms with Crippen molar-refractivity contribution in [2.45, 2.75) is 39.1 Å². The Morgan fingerprint density at radius 2 is 1.86 bits per heavy atom. The second-order valence-electron chi connectivity index (χ2n) is 9.13. The van der Waals surface area contributed by atoms with Crippen LogP contribution >= 0.6 is 0 Å². The standard InChI is InChI=1S/C25H33N3O6S/c1-17-8-9-18(2)22(12-17)25(29)27-15-23(32-4)24(16-27)34-21-7-5-6-20(13-21)26-35(30,31)28-10-11-33-19(3)14-28/h5-9,12-13,19,23-24,26H,10-11,14-16H2,1-4H3. The van der Waals surface area contributed by atoms with Crippen molar-refractivity contribution in [2.24, 2.45) is 0 Å². The average molecular weight is 504 g/mol. The number of carbonyl (C=O) groups excluding carboxylic acids is 1. The summed E-state index contributed by atoms with van der Waals surface area (Å²) in [5.41, 5.74) is 3.03. The summed E-state index contributed by atoms with van der Waals surface area (Å²) in [5.74, 6) is 0.439. The Hall–Kier alpha value is -2.66. The first kappa shape index (κ1) is 25.4. The first-order valence-corrected chi connectivity index (χ1v) is 13.2. The van der Waals surface area contributed by atoms with Crippen molar-refractivity contribution in [3.63, 3.8) is 0 Å². The molecule has 2 aromatic carbocycles. The van der Waals surface area contributed by atoms with Gasteiger partial charge < -0.3 is 19.1 Å². The maximum atomic E-state index is 13.2. The fourth-order valence-corrected chi connectivity index (χ4v) is 5.69. The minimum Gasteiger partial charge on any atom is -0.486 e. The number of anilines is 1. The van der Waals surface area contributed by atoms with Crippen LogP contribution in [0, 0.1) is 13.8 Å². The van der Waals surface area contributed by atoms with Gasteiger partial charge in [0.25, 0.3) is 5.91 Å². The molecule has 4 rings (SSSR count). The van der Waals surface area contributed by atoms with Gasteiger partial charge >= 0.3 is 10.2 Å². The predicted molar refractivity (Wildman–Crippen MR) is 133 cm³/mol. The number of morpholine rings is 1. The summed E-state index contributed by atoms with van der Waals surface area (Å²) >= 11 is 0. The van der Waals surface area contributed by atoms with Crippen LogP contribution in [0.1, 0.15) is 28.4 Å². The molecule has 2 aliphatic rings. The van der Waals surface area contributed by atoms with E-state index in [2.05, 4.69) is 4.72 Å². The maximum absolute atomic E-state index is 13.2. The van der Waals surface area contributed by atoms with Gasteiger partial charge in [0.2, 0.25) is 0 Å². The molecular weight excluding hydrogens is 470 g/mol. The van der Waals surface area contributed by atoms with Gasteiger partial charge in [-0.25, -0.2) is 0 Å². The van der Waals surface area contributed by atoms with Gasteiger partial charge in [0.15, 0.2) is 0 Å². The van der Waals surface area contributed by atoms with Crippen molar-refractivity contribution in [1.29, 1.82) is 0 Å². The zero-order valence-electron chi connectivity index (χ0n) is 20.6. The second-order valence-corrected chi connectivity index (χ2v) is 10.8. The molecular formula is C25H33N3O6S. The third-order valence-corrected chi connectivity index (χ3v) is 7.85. The van der Waals surface area contributed by atoms with Gasteiger partial charge in [-0.05, 0) is 44.5 Å². The number of rotatable bonds is 7. The summed E-state index contributed by atoms with van der Waals surface area (Å²) < 4.78 is 46.9. The number of likely N-dealkylation sites (tertiary alicyclic amines) is 1. The molecule has 35 heavy (non-hydrogen) atoms. The van der Waals surface area contributed by atoms with Crippen LogP contribution in [0.25, 0.3) is 0 Å². The molecule has 0 aromatic heterocycles. The van der Waals surface area contributed by atoms with Crippen LogP contribution in [0.15, 0.2) is 42.5 Å². The zero-order valence-corrected chi connectivity index (χ0v) is 21.4. The molecule has 2 heterocycles. The first-order chi connectivity index (χ1) is 16.7. The highest BCUT2D eigenvalue weighted by atomic mass is 32.2. The van der Waals surface area contributed by atoms with Crippen molar-refractivity contribution >= 4 is 21.8 Å². The van der Waals surface area contributed by atoms with Gasteiger partial charge in [0.1, 0.15) is 18.0 Å². The molecule has 2 aromatic rings.